The number of nitrogens with zero attached hydrogens (tertiary/aromatic N) is 2. The molecule has 0 fully saturated rings. The van der Waals surface area contributed by atoms with Gasteiger partial charge in [-0.15, -0.1) is 0 Å². The van der Waals surface area contributed by atoms with E-state index in [2.05, 4.69) is 10.2 Å². The van der Waals surface area contributed by atoms with Gasteiger partial charge in [0, 0.05) is 30.9 Å². The van der Waals surface area contributed by atoms with Crippen molar-refractivity contribution in [1.82, 2.24) is 15.1 Å². The lowest BCUT2D eigenvalue weighted by Gasteiger charge is -2.16. The first-order chi connectivity index (χ1) is 10.1. The number of carbonyl (C=O) groups excluding carboxylic acids is 2. The van der Waals surface area contributed by atoms with E-state index in [1.165, 1.54) is 0 Å². The standard InChI is InChI=1S/C14H16N4O3/c1-18(8-10-6-16-17-7-10)14(20)11-2-4-12(5-3-11)21-9-13(15)19/h2-7H,8-9H2,1H3,(H2,15,19)(H,16,17). The maximum absolute atomic E-state index is 12.2. The summed E-state index contributed by atoms with van der Waals surface area (Å²) in [5, 5.41) is 6.54. The van der Waals surface area contributed by atoms with E-state index < -0.39 is 5.91 Å². The lowest BCUT2D eigenvalue weighted by molar-refractivity contribution is -0.119. The van der Waals surface area contributed by atoms with Crippen molar-refractivity contribution in [2.24, 2.45) is 5.73 Å². The van der Waals surface area contributed by atoms with Crippen LogP contribution in [-0.4, -0.2) is 40.6 Å². The van der Waals surface area contributed by atoms with E-state index in [9.17, 15) is 9.59 Å². The fourth-order valence-corrected chi connectivity index (χ4v) is 1.78. The van der Waals surface area contributed by atoms with E-state index in [1.54, 1.807) is 48.6 Å². The number of amides is 2. The fraction of sp³-hybridized carbons (Fsp3) is 0.214. The maximum Gasteiger partial charge on any atom is 0.255 e. The molecular weight excluding hydrogens is 272 g/mol. The Morgan fingerprint density at radius 2 is 2.05 bits per heavy atom. The SMILES string of the molecule is CN(Cc1cn[nH]c1)C(=O)c1ccc(OCC(N)=O)cc1. The number of H-pyrrole nitrogens is 1. The molecule has 0 spiro atoms. The Hall–Kier alpha value is -2.83. The van der Waals surface area contributed by atoms with Gasteiger partial charge in [0.05, 0.1) is 6.20 Å². The lowest BCUT2D eigenvalue weighted by atomic mass is 10.2. The summed E-state index contributed by atoms with van der Waals surface area (Å²) in [6, 6.07) is 6.54. The molecule has 1 aromatic heterocycles. The molecule has 0 atom stereocenters. The second-order valence-corrected chi connectivity index (χ2v) is 4.55. The number of hydrogen-bond donors (Lipinski definition) is 2. The number of benzene rings is 1. The van der Waals surface area contributed by atoms with Gasteiger partial charge in [-0.25, -0.2) is 0 Å². The van der Waals surface area contributed by atoms with Crippen LogP contribution in [0.5, 0.6) is 5.75 Å². The minimum absolute atomic E-state index is 0.113. The summed E-state index contributed by atoms with van der Waals surface area (Å²) in [5.41, 5.74) is 6.45. The predicted molar refractivity (Wildman–Crippen MR) is 75.5 cm³/mol. The van der Waals surface area contributed by atoms with Gasteiger partial charge in [-0.3, -0.25) is 14.7 Å². The first kappa shape index (κ1) is 14.6. The molecule has 7 nitrogen and oxygen atoms in total. The van der Waals surface area contributed by atoms with Crippen LogP contribution >= 0.6 is 0 Å². The fourth-order valence-electron chi connectivity index (χ4n) is 1.78. The molecule has 0 unspecified atom stereocenters. The number of aromatic nitrogens is 2. The zero-order chi connectivity index (χ0) is 15.2. The average Bonchev–Trinajstić information content (AvgIpc) is 2.97. The highest BCUT2D eigenvalue weighted by Crippen LogP contribution is 2.14. The zero-order valence-electron chi connectivity index (χ0n) is 11.6. The highest BCUT2D eigenvalue weighted by Gasteiger charge is 2.12. The molecule has 2 aromatic rings. The number of nitrogens with two attached hydrogens (primary N) is 1. The number of nitrogens with one attached hydrogen (secondary N) is 1. The van der Waals surface area contributed by atoms with Crippen LogP contribution in [-0.2, 0) is 11.3 Å². The van der Waals surface area contributed by atoms with Gasteiger partial charge in [0.15, 0.2) is 6.61 Å². The normalized spacial score (nSPS) is 10.1. The molecule has 1 aromatic carbocycles. The molecule has 110 valence electrons. The molecule has 2 rings (SSSR count). The predicted octanol–water partition coefficient (Wildman–Crippen LogP) is 0.546. The minimum Gasteiger partial charge on any atom is -0.484 e. The van der Waals surface area contributed by atoms with Crippen molar-refractivity contribution in [3.05, 3.63) is 47.8 Å². The summed E-state index contributed by atoms with van der Waals surface area (Å²) in [6.45, 7) is 0.281. The van der Waals surface area contributed by atoms with E-state index in [1.807, 2.05) is 0 Å². The Morgan fingerprint density at radius 1 is 1.33 bits per heavy atom. The van der Waals surface area contributed by atoms with Gasteiger partial charge in [0.1, 0.15) is 5.75 Å². The number of aromatic amines is 1. The molecule has 1 heterocycles. The van der Waals surface area contributed by atoms with E-state index in [-0.39, 0.29) is 12.5 Å². The third kappa shape index (κ3) is 4.07. The summed E-state index contributed by atoms with van der Waals surface area (Å²) in [5.74, 6) is -0.171. The molecule has 0 aliphatic rings. The van der Waals surface area contributed by atoms with Crippen molar-refractivity contribution >= 4 is 11.8 Å². The number of hydrogen-bond acceptors (Lipinski definition) is 4. The van der Waals surface area contributed by atoms with Crippen molar-refractivity contribution in [3.63, 3.8) is 0 Å². The molecule has 0 saturated heterocycles. The molecule has 0 saturated carbocycles. The minimum atomic E-state index is -0.546. The zero-order valence-corrected chi connectivity index (χ0v) is 11.6. The summed E-state index contributed by atoms with van der Waals surface area (Å²) in [4.78, 5) is 24.4. The Balaban J connectivity index is 1.97. The molecule has 7 heteroatoms. The van der Waals surface area contributed by atoms with Crippen LogP contribution in [0.1, 0.15) is 15.9 Å². The van der Waals surface area contributed by atoms with E-state index in [0.717, 1.165) is 5.56 Å². The number of ether oxygens (including phenoxy) is 1. The Morgan fingerprint density at radius 3 is 2.62 bits per heavy atom. The van der Waals surface area contributed by atoms with Gasteiger partial charge >= 0.3 is 0 Å². The van der Waals surface area contributed by atoms with Crippen LogP contribution in [0.15, 0.2) is 36.7 Å². The first-order valence-corrected chi connectivity index (χ1v) is 6.30. The van der Waals surface area contributed by atoms with Crippen LogP contribution < -0.4 is 10.5 Å². The number of rotatable bonds is 6. The van der Waals surface area contributed by atoms with Gasteiger partial charge in [0.25, 0.3) is 11.8 Å². The third-order valence-corrected chi connectivity index (χ3v) is 2.80. The number of carbonyl (C=O) groups is 2. The summed E-state index contributed by atoms with van der Waals surface area (Å²) < 4.78 is 5.14. The van der Waals surface area contributed by atoms with Crippen molar-refractivity contribution < 1.29 is 14.3 Å². The van der Waals surface area contributed by atoms with E-state index in [4.69, 9.17) is 10.5 Å². The molecule has 3 N–H and O–H groups in total. The topological polar surface area (TPSA) is 101 Å². The number of primary amides is 1. The van der Waals surface area contributed by atoms with Crippen molar-refractivity contribution in [1.29, 1.82) is 0 Å². The van der Waals surface area contributed by atoms with E-state index in [0.29, 0.717) is 17.9 Å². The maximum atomic E-state index is 12.2. The highest BCUT2D eigenvalue weighted by atomic mass is 16.5. The van der Waals surface area contributed by atoms with Crippen LogP contribution in [0.25, 0.3) is 0 Å². The van der Waals surface area contributed by atoms with Crippen molar-refractivity contribution in [2.75, 3.05) is 13.7 Å². The van der Waals surface area contributed by atoms with Gasteiger partial charge in [-0.05, 0) is 24.3 Å². The lowest BCUT2D eigenvalue weighted by Crippen LogP contribution is -2.26. The molecule has 21 heavy (non-hydrogen) atoms. The van der Waals surface area contributed by atoms with Crippen LogP contribution in [0.3, 0.4) is 0 Å². The summed E-state index contributed by atoms with van der Waals surface area (Å²) in [7, 11) is 1.72. The quantitative estimate of drug-likeness (QED) is 0.810. The Bertz CT molecular complexity index is 608. The summed E-state index contributed by atoms with van der Waals surface area (Å²) in [6.07, 6.45) is 3.41. The van der Waals surface area contributed by atoms with E-state index >= 15 is 0 Å². The molecular formula is C14H16N4O3. The molecule has 2 amide bonds. The molecule has 0 aliphatic carbocycles. The Labute approximate surface area is 121 Å². The second-order valence-electron chi connectivity index (χ2n) is 4.55. The monoisotopic (exact) mass is 288 g/mol. The van der Waals surface area contributed by atoms with Crippen LogP contribution in [0, 0.1) is 0 Å². The van der Waals surface area contributed by atoms with Gasteiger partial charge < -0.3 is 15.4 Å². The van der Waals surface area contributed by atoms with Crippen LogP contribution in [0.4, 0.5) is 0 Å². The largest absolute Gasteiger partial charge is 0.484 e. The van der Waals surface area contributed by atoms with Gasteiger partial charge in [0.2, 0.25) is 0 Å². The third-order valence-electron chi connectivity index (χ3n) is 2.80. The van der Waals surface area contributed by atoms with Crippen molar-refractivity contribution in [2.45, 2.75) is 6.54 Å². The van der Waals surface area contributed by atoms with Gasteiger partial charge in [-0.1, -0.05) is 0 Å². The van der Waals surface area contributed by atoms with Crippen molar-refractivity contribution in [3.8, 4) is 5.75 Å². The average molecular weight is 288 g/mol. The van der Waals surface area contributed by atoms with Gasteiger partial charge in [-0.2, -0.15) is 5.10 Å². The smallest absolute Gasteiger partial charge is 0.255 e. The second kappa shape index (κ2) is 6.56. The molecule has 0 aliphatic heterocycles. The van der Waals surface area contributed by atoms with Crippen LogP contribution in [0.2, 0.25) is 0 Å². The first-order valence-electron chi connectivity index (χ1n) is 6.30. The molecule has 0 bridgehead atoms. The molecule has 0 radical (unpaired) electrons. The Kier molecular flexibility index (Phi) is 4.55. The summed E-state index contributed by atoms with van der Waals surface area (Å²) >= 11 is 0. The highest BCUT2D eigenvalue weighted by molar-refractivity contribution is 5.94.